The van der Waals surface area contributed by atoms with Crippen molar-refractivity contribution in [2.75, 3.05) is 6.54 Å². The number of nitrogens with one attached hydrogen (secondary N) is 1. The maximum atomic E-state index is 4.32. The van der Waals surface area contributed by atoms with E-state index in [1.165, 1.54) is 19.3 Å². The van der Waals surface area contributed by atoms with Gasteiger partial charge in [-0.15, -0.1) is 0 Å². The molecule has 1 N–H and O–H groups in total. The van der Waals surface area contributed by atoms with Crippen molar-refractivity contribution in [3.05, 3.63) is 30.1 Å². The summed E-state index contributed by atoms with van der Waals surface area (Å²) in [4.78, 5) is 4.32. The van der Waals surface area contributed by atoms with E-state index >= 15 is 0 Å². The van der Waals surface area contributed by atoms with Crippen molar-refractivity contribution in [1.29, 1.82) is 0 Å². The van der Waals surface area contributed by atoms with Crippen LogP contribution in [0.5, 0.6) is 0 Å². The zero-order chi connectivity index (χ0) is 10.2. The van der Waals surface area contributed by atoms with Crippen molar-refractivity contribution in [3.8, 4) is 0 Å². The normalized spacial score (nSPS) is 12.7. The molecule has 0 fully saturated rings. The Kier molecular flexibility index (Phi) is 5.23. The number of nitrogens with zero attached hydrogens (tertiary/aromatic N) is 1. The van der Waals surface area contributed by atoms with Crippen molar-refractivity contribution >= 4 is 0 Å². The van der Waals surface area contributed by atoms with Crippen LogP contribution in [0.25, 0.3) is 0 Å². The molecule has 0 aliphatic carbocycles. The fourth-order valence-corrected chi connectivity index (χ4v) is 1.43. The third-order valence-electron chi connectivity index (χ3n) is 2.36. The highest BCUT2D eigenvalue weighted by molar-refractivity contribution is 5.07. The molecule has 1 aromatic rings. The molecule has 2 nitrogen and oxygen atoms in total. The summed E-state index contributed by atoms with van der Waals surface area (Å²) in [5.74, 6) is 0. The Hall–Kier alpha value is -0.890. The first-order valence-corrected chi connectivity index (χ1v) is 5.49. The molecule has 0 aliphatic rings. The highest BCUT2D eigenvalue weighted by atomic mass is 14.9. The molecule has 1 rings (SSSR count). The van der Waals surface area contributed by atoms with Gasteiger partial charge in [0, 0.05) is 12.2 Å². The average molecular weight is 192 g/mol. The Labute approximate surface area is 86.8 Å². The van der Waals surface area contributed by atoms with Crippen LogP contribution < -0.4 is 5.32 Å². The third kappa shape index (κ3) is 3.88. The molecule has 1 aromatic heterocycles. The smallest absolute Gasteiger partial charge is 0.0570 e. The van der Waals surface area contributed by atoms with Crippen LogP contribution in [0.4, 0.5) is 0 Å². The minimum atomic E-state index is 0.369. The molecule has 0 saturated heterocycles. The molecule has 14 heavy (non-hydrogen) atoms. The zero-order valence-electron chi connectivity index (χ0n) is 9.16. The molecule has 78 valence electrons. The summed E-state index contributed by atoms with van der Waals surface area (Å²) in [6.07, 6.45) is 5.69. The largest absolute Gasteiger partial charge is 0.309 e. The van der Waals surface area contributed by atoms with Crippen molar-refractivity contribution in [3.63, 3.8) is 0 Å². The molecule has 0 unspecified atom stereocenters. The number of unbranched alkanes of at least 4 members (excludes halogenated alkanes) is 2. The highest BCUT2D eigenvalue weighted by Gasteiger charge is 2.03. The molecule has 1 atom stereocenters. The Bertz CT molecular complexity index is 233. The predicted molar refractivity (Wildman–Crippen MR) is 60.2 cm³/mol. The van der Waals surface area contributed by atoms with Gasteiger partial charge in [-0.2, -0.15) is 0 Å². The lowest BCUT2D eigenvalue weighted by atomic mass is 10.2. The maximum absolute atomic E-state index is 4.32. The number of aromatic nitrogens is 1. The van der Waals surface area contributed by atoms with E-state index in [0.717, 1.165) is 12.2 Å². The number of hydrogen-bond acceptors (Lipinski definition) is 2. The van der Waals surface area contributed by atoms with Gasteiger partial charge in [-0.1, -0.05) is 25.8 Å². The molecular weight excluding hydrogens is 172 g/mol. The average Bonchev–Trinajstić information content (AvgIpc) is 2.25. The summed E-state index contributed by atoms with van der Waals surface area (Å²) in [5.41, 5.74) is 1.13. The van der Waals surface area contributed by atoms with Crippen LogP contribution in [0.2, 0.25) is 0 Å². The van der Waals surface area contributed by atoms with Crippen molar-refractivity contribution < 1.29 is 0 Å². The summed E-state index contributed by atoms with van der Waals surface area (Å²) in [7, 11) is 0. The van der Waals surface area contributed by atoms with Crippen LogP contribution in [0.1, 0.15) is 44.8 Å². The second kappa shape index (κ2) is 6.55. The van der Waals surface area contributed by atoms with Gasteiger partial charge in [-0.3, -0.25) is 4.98 Å². The van der Waals surface area contributed by atoms with E-state index in [4.69, 9.17) is 0 Å². The first-order chi connectivity index (χ1) is 6.84. The molecule has 0 bridgehead atoms. The number of pyridine rings is 1. The van der Waals surface area contributed by atoms with Gasteiger partial charge in [-0.25, -0.2) is 0 Å². The fraction of sp³-hybridized carbons (Fsp3) is 0.583. The Morgan fingerprint density at radius 2 is 2.21 bits per heavy atom. The predicted octanol–water partition coefficient (Wildman–Crippen LogP) is 2.92. The topological polar surface area (TPSA) is 24.9 Å². The van der Waals surface area contributed by atoms with E-state index in [0.29, 0.717) is 6.04 Å². The van der Waals surface area contributed by atoms with Gasteiger partial charge in [-0.05, 0) is 32.0 Å². The molecule has 0 spiro atoms. The molecule has 0 saturated carbocycles. The number of rotatable bonds is 6. The van der Waals surface area contributed by atoms with Crippen LogP contribution in [-0.2, 0) is 0 Å². The molecule has 0 radical (unpaired) electrons. The van der Waals surface area contributed by atoms with Crippen LogP contribution >= 0.6 is 0 Å². The van der Waals surface area contributed by atoms with Gasteiger partial charge in [0.05, 0.1) is 5.69 Å². The molecular formula is C12H20N2. The Morgan fingerprint density at radius 1 is 1.36 bits per heavy atom. The SMILES string of the molecule is CCCCCN[C@@H](C)c1ccccn1. The zero-order valence-corrected chi connectivity index (χ0v) is 9.16. The van der Waals surface area contributed by atoms with Gasteiger partial charge in [0.2, 0.25) is 0 Å². The molecule has 2 heteroatoms. The van der Waals surface area contributed by atoms with Crippen LogP contribution in [-0.4, -0.2) is 11.5 Å². The van der Waals surface area contributed by atoms with E-state index < -0.39 is 0 Å². The first-order valence-electron chi connectivity index (χ1n) is 5.49. The summed E-state index contributed by atoms with van der Waals surface area (Å²) in [6, 6.07) is 6.42. The monoisotopic (exact) mass is 192 g/mol. The second-order valence-corrected chi connectivity index (χ2v) is 3.64. The molecule has 0 amide bonds. The second-order valence-electron chi connectivity index (χ2n) is 3.64. The van der Waals surface area contributed by atoms with Crippen LogP contribution in [0.15, 0.2) is 24.4 Å². The van der Waals surface area contributed by atoms with E-state index in [2.05, 4.69) is 30.2 Å². The molecule has 0 aromatic carbocycles. The van der Waals surface area contributed by atoms with Crippen molar-refractivity contribution in [2.24, 2.45) is 0 Å². The van der Waals surface area contributed by atoms with E-state index in [1.807, 2.05) is 18.3 Å². The summed E-state index contributed by atoms with van der Waals surface area (Å²) in [5, 5.41) is 3.47. The fourth-order valence-electron chi connectivity index (χ4n) is 1.43. The van der Waals surface area contributed by atoms with Crippen molar-refractivity contribution in [1.82, 2.24) is 10.3 Å². The van der Waals surface area contributed by atoms with Gasteiger partial charge in [0.25, 0.3) is 0 Å². The summed E-state index contributed by atoms with van der Waals surface area (Å²) in [6.45, 7) is 5.47. The van der Waals surface area contributed by atoms with Gasteiger partial charge < -0.3 is 5.32 Å². The standard InChI is InChI=1S/C12H20N2/c1-3-4-6-9-13-11(2)12-8-5-7-10-14-12/h5,7-8,10-11,13H,3-4,6,9H2,1-2H3/t11-/m0/s1. The highest BCUT2D eigenvalue weighted by Crippen LogP contribution is 2.07. The summed E-state index contributed by atoms with van der Waals surface area (Å²) >= 11 is 0. The summed E-state index contributed by atoms with van der Waals surface area (Å²) < 4.78 is 0. The first kappa shape index (κ1) is 11.2. The maximum Gasteiger partial charge on any atom is 0.0570 e. The van der Waals surface area contributed by atoms with E-state index in [-0.39, 0.29) is 0 Å². The molecule has 0 aliphatic heterocycles. The lowest BCUT2D eigenvalue weighted by Gasteiger charge is -2.12. The molecule has 1 heterocycles. The lowest BCUT2D eigenvalue weighted by Crippen LogP contribution is -2.20. The van der Waals surface area contributed by atoms with Crippen molar-refractivity contribution in [2.45, 2.75) is 39.2 Å². The van der Waals surface area contributed by atoms with Gasteiger partial charge >= 0.3 is 0 Å². The third-order valence-corrected chi connectivity index (χ3v) is 2.36. The van der Waals surface area contributed by atoms with E-state index in [9.17, 15) is 0 Å². The Morgan fingerprint density at radius 3 is 2.86 bits per heavy atom. The Balaban J connectivity index is 2.25. The minimum Gasteiger partial charge on any atom is -0.309 e. The quantitative estimate of drug-likeness (QED) is 0.701. The van der Waals surface area contributed by atoms with E-state index in [1.54, 1.807) is 0 Å². The number of hydrogen-bond donors (Lipinski definition) is 1. The minimum absolute atomic E-state index is 0.369. The van der Waals surface area contributed by atoms with Gasteiger partial charge in [0.1, 0.15) is 0 Å². The van der Waals surface area contributed by atoms with Gasteiger partial charge in [0.15, 0.2) is 0 Å². The van der Waals surface area contributed by atoms with Crippen LogP contribution in [0, 0.1) is 0 Å². The van der Waals surface area contributed by atoms with Crippen LogP contribution in [0.3, 0.4) is 0 Å². The lowest BCUT2D eigenvalue weighted by molar-refractivity contribution is 0.534.